The van der Waals surface area contributed by atoms with Gasteiger partial charge in [-0.15, -0.1) is 0 Å². The molecule has 10 N–H and O–H groups in total. The van der Waals surface area contributed by atoms with Gasteiger partial charge in [0.15, 0.2) is 17.5 Å². The summed E-state index contributed by atoms with van der Waals surface area (Å²) in [7, 11) is 13.5. The molecule has 0 saturated carbocycles. The summed E-state index contributed by atoms with van der Waals surface area (Å²) in [6, 6.07) is 4.38. The molecule has 30 nitrogen and oxygen atoms in total. The maximum absolute atomic E-state index is 13.2. The second-order valence-corrected chi connectivity index (χ2v) is 18.7. The number of nitrogens with one attached hydrogen (secondary N) is 10. The van der Waals surface area contributed by atoms with Crippen LogP contribution in [0.4, 0.5) is 28.7 Å². The number of nitrogens with zero attached hydrogens (tertiary/aromatic N) is 10. The first-order valence-corrected chi connectivity index (χ1v) is 25.1. The molecule has 6 aromatic rings. The summed E-state index contributed by atoms with van der Waals surface area (Å²) in [6.45, 7) is 1.44. The minimum Gasteiger partial charge on any atom is -0.356 e. The third-order valence-electron chi connectivity index (χ3n) is 11.9. The molecule has 6 rings (SSSR count). The van der Waals surface area contributed by atoms with Crippen molar-refractivity contribution in [3.05, 3.63) is 96.1 Å². The Labute approximate surface area is 458 Å². The summed E-state index contributed by atoms with van der Waals surface area (Å²) in [6.07, 6.45) is 11.2. The highest BCUT2D eigenvalue weighted by molar-refractivity contribution is 6.05. The van der Waals surface area contributed by atoms with Crippen LogP contribution in [0.25, 0.3) is 0 Å². The number of amides is 10. The van der Waals surface area contributed by atoms with Crippen LogP contribution in [0.1, 0.15) is 95.4 Å². The van der Waals surface area contributed by atoms with Gasteiger partial charge in [-0.3, -0.25) is 47.9 Å². The van der Waals surface area contributed by atoms with Gasteiger partial charge < -0.3 is 85.5 Å². The number of hydrogen-bond donors (Lipinski definition) is 10. The maximum atomic E-state index is 13.2. The molecule has 6 aromatic heterocycles. The number of carbonyl (C=O) groups excluding carboxylic acids is 10. The Morgan fingerprint density at radius 1 is 0.412 bits per heavy atom. The Morgan fingerprint density at radius 2 is 0.800 bits per heavy atom. The quantitative estimate of drug-likeness (QED) is 0.0301. The van der Waals surface area contributed by atoms with Crippen molar-refractivity contribution in [3.63, 3.8) is 0 Å². The second-order valence-electron chi connectivity index (χ2n) is 18.7. The van der Waals surface area contributed by atoms with Gasteiger partial charge in [-0.1, -0.05) is 0 Å². The van der Waals surface area contributed by atoms with E-state index in [1.54, 1.807) is 59.2 Å². The summed E-state index contributed by atoms with van der Waals surface area (Å²) in [5, 5.41) is 26.7. The number of anilines is 5. The van der Waals surface area contributed by atoms with Gasteiger partial charge in [0.1, 0.15) is 17.1 Å². The van der Waals surface area contributed by atoms with E-state index in [0.717, 1.165) is 13.0 Å². The van der Waals surface area contributed by atoms with Crippen molar-refractivity contribution in [2.75, 3.05) is 79.9 Å². The fourth-order valence-corrected chi connectivity index (χ4v) is 7.86. The van der Waals surface area contributed by atoms with Crippen LogP contribution in [0.3, 0.4) is 0 Å². The largest absolute Gasteiger partial charge is 0.356 e. The van der Waals surface area contributed by atoms with Crippen molar-refractivity contribution in [1.82, 2.24) is 73.8 Å². The lowest BCUT2D eigenvalue weighted by molar-refractivity contribution is -0.121. The molecule has 0 spiro atoms. The molecule has 0 unspecified atom stereocenters. The fraction of sp³-hybridized carbons (Fsp3) is 0.380. The summed E-state index contributed by atoms with van der Waals surface area (Å²) >= 11 is 0. The van der Waals surface area contributed by atoms with E-state index in [1.165, 1.54) is 72.0 Å². The smallest absolute Gasteiger partial charge is 0.291 e. The maximum Gasteiger partial charge on any atom is 0.291 e. The van der Waals surface area contributed by atoms with E-state index in [-0.39, 0.29) is 110 Å². The van der Waals surface area contributed by atoms with Crippen LogP contribution >= 0.6 is 0 Å². The summed E-state index contributed by atoms with van der Waals surface area (Å²) in [4.78, 5) is 142. The number of aromatic nitrogens is 9. The molecular formula is C50H66N20O10. The molecule has 80 heavy (non-hydrogen) atoms. The van der Waals surface area contributed by atoms with Crippen molar-refractivity contribution in [2.45, 2.75) is 32.1 Å². The van der Waals surface area contributed by atoms with E-state index >= 15 is 0 Å². The van der Waals surface area contributed by atoms with E-state index in [0.29, 0.717) is 17.9 Å². The predicted octanol–water partition coefficient (Wildman–Crippen LogP) is -0.129. The number of carbonyl (C=O) groups is 10. The molecule has 6 heterocycles. The molecule has 0 aliphatic rings. The molecule has 0 radical (unpaired) electrons. The summed E-state index contributed by atoms with van der Waals surface area (Å²) < 4.78 is 8.88. The van der Waals surface area contributed by atoms with Crippen molar-refractivity contribution < 1.29 is 47.9 Å². The third-order valence-corrected chi connectivity index (χ3v) is 11.9. The third kappa shape index (κ3) is 16.8. The second kappa shape index (κ2) is 27.4. The highest BCUT2D eigenvalue weighted by Crippen LogP contribution is 2.18. The Balaban J connectivity index is 0.870. The monoisotopic (exact) mass is 1110 g/mol. The van der Waals surface area contributed by atoms with E-state index in [9.17, 15) is 47.9 Å². The first-order chi connectivity index (χ1) is 38.0. The minimum atomic E-state index is -0.620. The lowest BCUT2D eigenvalue weighted by Crippen LogP contribution is -2.32. The Morgan fingerprint density at radius 3 is 1.20 bits per heavy atom. The summed E-state index contributed by atoms with van der Waals surface area (Å²) in [5.41, 5.74) is 1.52. The standard InChI is InChI=1S/C50H66N20O10/c1-64(2)20-9-14-51-38(71)10-15-53-46(76)34-23-31(26-67(34)5)58-49(79)43-62-36(28-69(43)7)60-40(73)12-17-55-45(75)33-22-30(25-66(33)4)57-39(72)11-16-54-47(77)35-24-32(27-68(35)6)59-50(80)44-63-37(29-70(44)8)61-41(74)13-18-56-48(78)42-52-19-21-65(42)3/h19,21-29H,9-18,20H2,1-8H3,(H,51,71)(H,53,76)(H,54,77)(H,55,75)(H,56,78)(H,57,72)(H,58,79)(H,59,80)(H,60,73)(H,61,74). The van der Waals surface area contributed by atoms with Gasteiger partial charge in [0, 0.05) is 144 Å². The highest BCUT2D eigenvalue weighted by Gasteiger charge is 2.22. The molecule has 426 valence electrons. The van der Waals surface area contributed by atoms with Crippen molar-refractivity contribution >= 4 is 87.8 Å². The normalized spacial score (nSPS) is 10.9. The van der Waals surface area contributed by atoms with Gasteiger partial charge in [-0.2, -0.15) is 0 Å². The van der Waals surface area contributed by atoms with Crippen LogP contribution in [0, 0.1) is 0 Å². The highest BCUT2D eigenvalue weighted by atomic mass is 16.2. The lowest BCUT2D eigenvalue weighted by atomic mass is 10.3. The minimum absolute atomic E-state index is 0.0337. The Hall–Kier alpha value is -9.87. The van der Waals surface area contributed by atoms with Crippen molar-refractivity contribution in [1.29, 1.82) is 0 Å². The van der Waals surface area contributed by atoms with Gasteiger partial charge >= 0.3 is 0 Å². The van der Waals surface area contributed by atoms with E-state index in [4.69, 9.17) is 0 Å². The van der Waals surface area contributed by atoms with Crippen LogP contribution in [0.2, 0.25) is 0 Å². The van der Waals surface area contributed by atoms with Crippen molar-refractivity contribution in [2.24, 2.45) is 42.3 Å². The van der Waals surface area contributed by atoms with E-state index in [2.05, 4.69) is 68.1 Å². The average molecular weight is 1110 g/mol. The van der Waals surface area contributed by atoms with Crippen LogP contribution in [-0.4, -0.2) is 160 Å². The predicted molar refractivity (Wildman–Crippen MR) is 292 cm³/mol. The molecule has 0 aliphatic carbocycles. The van der Waals surface area contributed by atoms with Gasteiger partial charge in [0.05, 0.1) is 17.1 Å². The summed E-state index contributed by atoms with van der Waals surface area (Å²) in [5.74, 6) is -4.37. The topological polar surface area (TPSA) is 362 Å². The lowest BCUT2D eigenvalue weighted by Gasteiger charge is -2.10. The van der Waals surface area contributed by atoms with Crippen LogP contribution < -0.4 is 53.2 Å². The first-order valence-electron chi connectivity index (χ1n) is 25.1. The zero-order valence-electron chi connectivity index (χ0n) is 45.6. The van der Waals surface area contributed by atoms with E-state index < -0.39 is 53.2 Å². The molecule has 0 bridgehead atoms. The average Bonchev–Trinajstić information content (AvgIpc) is 4.27. The van der Waals surface area contributed by atoms with E-state index in [1.807, 2.05) is 19.0 Å². The molecule has 10 amide bonds. The Kier molecular flexibility index (Phi) is 20.4. The number of aryl methyl sites for hydroxylation is 6. The van der Waals surface area contributed by atoms with Crippen LogP contribution in [0.5, 0.6) is 0 Å². The molecule has 30 heteroatoms. The van der Waals surface area contributed by atoms with Gasteiger partial charge in [-0.25, -0.2) is 15.0 Å². The van der Waals surface area contributed by atoms with Crippen molar-refractivity contribution in [3.8, 4) is 0 Å². The zero-order chi connectivity index (χ0) is 58.2. The Bertz CT molecular complexity index is 3280. The first kappa shape index (κ1) is 59.4. The number of imidazole rings is 3. The van der Waals surface area contributed by atoms with Crippen LogP contribution in [-0.2, 0) is 61.5 Å². The zero-order valence-corrected chi connectivity index (χ0v) is 45.6. The molecule has 0 saturated heterocycles. The van der Waals surface area contributed by atoms with Gasteiger partial charge in [-0.05, 0) is 45.3 Å². The molecule has 0 aliphatic heterocycles. The number of rotatable bonds is 27. The van der Waals surface area contributed by atoms with Crippen LogP contribution in [0.15, 0.2) is 61.6 Å². The molecular weight excluding hydrogens is 1040 g/mol. The van der Waals surface area contributed by atoms with Gasteiger partial charge in [0.25, 0.3) is 35.4 Å². The molecule has 0 fully saturated rings. The molecule has 0 atom stereocenters. The van der Waals surface area contributed by atoms with Gasteiger partial charge in [0.2, 0.25) is 35.3 Å². The SMILES string of the molecule is CN(C)CCCNC(=O)CCNC(=O)c1cc(NC(=O)c2nc(NC(=O)CCNC(=O)c3cc(NC(=O)CCNC(=O)c4cc(NC(=O)c5nc(NC(=O)CCNC(=O)c6nccn6C)cn5C)cn4C)cn3C)cn2C)cn1C. The number of hydrogen-bond acceptors (Lipinski definition) is 14. The fourth-order valence-electron chi connectivity index (χ4n) is 7.86. The molecule has 0 aromatic carbocycles.